The van der Waals surface area contributed by atoms with Gasteiger partial charge in [0.1, 0.15) is 12.6 Å². The summed E-state index contributed by atoms with van der Waals surface area (Å²) >= 11 is 0. The van der Waals surface area contributed by atoms with Crippen molar-refractivity contribution in [3.05, 3.63) is 35.9 Å². The minimum absolute atomic E-state index is 0.0156. The Hall–Kier alpha value is -2.21. The molecule has 1 aliphatic rings. The quantitative estimate of drug-likeness (QED) is 0.800. The van der Waals surface area contributed by atoms with E-state index in [1.165, 1.54) is 0 Å². The van der Waals surface area contributed by atoms with Gasteiger partial charge < -0.3 is 15.4 Å². The minimum Gasteiger partial charge on any atom is -0.373 e. The first-order valence-corrected chi connectivity index (χ1v) is 9.48. The molecule has 1 aliphatic heterocycles. The summed E-state index contributed by atoms with van der Waals surface area (Å²) in [5.74, 6) is -0.793. The van der Waals surface area contributed by atoms with Gasteiger partial charge in [-0.3, -0.25) is 14.4 Å². The van der Waals surface area contributed by atoms with Crippen LogP contribution in [0.3, 0.4) is 0 Å². The molecule has 148 valence electrons. The topological polar surface area (TPSA) is 84.5 Å². The van der Waals surface area contributed by atoms with E-state index in [2.05, 4.69) is 10.6 Å². The number of carbonyl (C=O) groups excluding carboxylic acids is 3. The summed E-state index contributed by atoms with van der Waals surface area (Å²) in [6.07, 6.45) is 1.20. The molecule has 3 atom stereocenters. The molecule has 0 bridgehead atoms. The van der Waals surface area contributed by atoms with Gasteiger partial charge in [-0.15, -0.1) is 0 Å². The highest BCUT2D eigenvalue weighted by molar-refractivity contribution is 5.98. The molecule has 0 aromatic heterocycles. The highest BCUT2D eigenvalue weighted by Gasteiger charge is 2.35. The highest BCUT2D eigenvalue weighted by Crippen LogP contribution is 2.22. The van der Waals surface area contributed by atoms with E-state index in [9.17, 15) is 14.4 Å². The second kappa shape index (κ2) is 9.13. The van der Waals surface area contributed by atoms with Crippen LogP contribution in [0.15, 0.2) is 30.3 Å². The standard InChI is InChI=1S/C21H30N2O4/c1-5-14-12-27-13-17(24)18(14)23-20(26)16(11-21(2,3)4)22-19(25)15-9-7-6-8-10-15/h6-10,14,16,18H,5,11-13H2,1-4H3,(H,22,25)(H,23,26). The van der Waals surface area contributed by atoms with E-state index in [0.717, 1.165) is 6.42 Å². The summed E-state index contributed by atoms with van der Waals surface area (Å²) in [7, 11) is 0. The van der Waals surface area contributed by atoms with E-state index in [0.29, 0.717) is 18.6 Å². The Morgan fingerprint density at radius 3 is 2.48 bits per heavy atom. The first-order chi connectivity index (χ1) is 12.7. The van der Waals surface area contributed by atoms with E-state index in [1.54, 1.807) is 24.3 Å². The molecule has 0 saturated carbocycles. The van der Waals surface area contributed by atoms with Gasteiger partial charge in [-0.05, 0) is 30.4 Å². The van der Waals surface area contributed by atoms with Crippen LogP contribution in [0.4, 0.5) is 0 Å². The number of nitrogens with one attached hydrogen (secondary N) is 2. The van der Waals surface area contributed by atoms with Crippen molar-refractivity contribution in [3.8, 4) is 0 Å². The molecule has 2 N–H and O–H groups in total. The molecule has 2 rings (SSSR count). The molecule has 1 saturated heterocycles. The van der Waals surface area contributed by atoms with Crippen molar-refractivity contribution in [1.29, 1.82) is 0 Å². The molecule has 0 spiro atoms. The zero-order valence-corrected chi connectivity index (χ0v) is 16.6. The SMILES string of the molecule is CCC1COCC(=O)C1NC(=O)C(CC(C)(C)C)NC(=O)c1ccccc1. The summed E-state index contributed by atoms with van der Waals surface area (Å²) in [5, 5.41) is 5.70. The zero-order chi connectivity index (χ0) is 20.0. The Bertz CT molecular complexity index is 667. The summed E-state index contributed by atoms with van der Waals surface area (Å²) in [4.78, 5) is 37.7. The Morgan fingerprint density at radius 1 is 1.22 bits per heavy atom. The molecule has 1 aromatic carbocycles. The summed E-state index contributed by atoms with van der Waals surface area (Å²) in [6, 6.07) is 7.52. The fourth-order valence-corrected chi connectivity index (χ4v) is 3.22. The van der Waals surface area contributed by atoms with Gasteiger partial charge in [0.2, 0.25) is 5.91 Å². The van der Waals surface area contributed by atoms with Gasteiger partial charge in [-0.1, -0.05) is 45.9 Å². The first kappa shape index (κ1) is 21.1. The van der Waals surface area contributed by atoms with Crippen molar-refractivity contribution < 1.29 is 19.1 Å². The van der Waals surface area contributed by atoms with Crippen LogP contribution in [0.5, 0.6) is 0 Å². The molecule has 6 heteroatoms. The van der Waals surface area contributed by atoms with E-state index in [1.807, 2.05) is 33.8 Å². The lowest BCUT2D eigenvalue weighted by Crippen LogP contribution is -2.57. The maximum atomic E-state index is 12.9. The van der Waals surface area contributed by atoms with Crippen molar-refractivity contribution in [1.82, 2.24) is 10.6 Å². The van der Waals surface area contributed by atoms with Crippen LogP contribution in [0.25, 0.3) is 0 Å². The molecule has 1 fully saturated rings. The third kappa shape index (κ3) is 6.17. The molecule has 1 heterocycles. The molecular weight excluding hydrogens is 344 g/mol. The average molecular weight is 374 g/mol. The van der Waals surface area contributed by atoms with Crippen LogP contribution in [0.2, 0.25) is 0 Å². The minimum atomic E-state index is -0.717. The number of Topliss-reactive ketones (excluding diaryl/α,β-unsaturated/α-hetero) is 1. The Morgan fingerprint density at radius 2 is 1.89 bits per heavy atom. The number of hydrogen-bond donors (Lipinski definition) is 2. The maximum Gasteiger partial charge on any atom is 0.251 e. The summed E-state index contributed by atoms with van der Waals surface area (Å²) < 4.78 is 5.29. The predicted molar refractivity (Wildman–Crippen MR) is 103 cm³/mol. The molecule has 0 radical (unpaired) electrons. The highest BCUT2D eigenvalue weighted by atomic mass is 16.5. The third-order valence-electron chi connectivity index (χ3n) is 4.69. The number of ether oxygens (including phenoxy) is 1. The van der Waals surface area contributed by atoms with Gasteiger partial charge in [0.05, 0.1) is 12.6 Å². The first-order valence-electron chi connectivity index (χ1n) is 9.48. The summed E-state index contributed by atoms with van der Waals surface area (Å²) in [6.45, 7) is 8.47. The lowest BCUT2D eigenvalue weighted by molar-refractivity contribution is -0.138. The van der Waals surface area contributed by atoms with Crippen molar-refractivity contribution in [2.45, 2.75) is 52.6 Å². The van der Waals surface area contributed by atoms with Crippen LogP contribution in [0.1, 0.15) is 50.9 Å². The zero-order valence-electron chi connectivity index (χ0n) is 16.6. The normalized spacial score (nSPS) is 21.4. The van der Waals surface area contributed by atoms with Crippen molar-refractivity contribution in [2.75, 3.05) is 13.2 Å². The van der Waals surface area contributed by atoms with Crippen LogP contribution in [-0.4, -0.2) is 42.9 Å². The molecule has 2 amide bonds. The Balaban J connectivity index is 2.13. The number of amides is 2. The van der Waals surface area contributed by atoms with Gasteiger partial charge in [0.25, 0.3) is 5.91 Å². The third-order valence-corrected chi connectivity index (χ3v) is 4.69. The van der Waals surface area contributed by atoms with Crippen LogP contribution in [0, 0.1) is 11.3 Å². The number of rotatable bonds is 6. The molecule has 6 nitrogen and oxygen atoms in total. The monoisotopic (exact) mass is 374 g/mol. The van der Waals surface area contributed by atoms with Gasteiger partial charge in [0, 0.05) is 11.5 Å². The fourth-order valence-electron chi connectivity index (χ4n) is 3.22. The second-order valence-electron chi connectivity index (χ2n) is 8.29. The molecular formula is C21H30N2O4. The number of hydrogen-bond acceptors (Lipinski definition) is 4. The van der Waals surface area contributed by atoms with Crippen molar-refractivity contribution in [3.63, 3.8) is 0 Å². The number of benzene rings is 1. The average Bonchev–Trinajstić information content (AvgIpc) is 2.62. The molecule has 0 aliphatic carbocycles. The van der Waals surface area contributed by atoms with E-state index < -0.39 is 12.1 Å². The van der Waals surface area contributed by atoms with Crippen molar-refractivity contribution in [2.24, 2.45) is 11.3 Å². The smallest absolute Gasteiger partial charge is 0.251 e. The lowest BCUT2D eigenvalue weighted by Gasteiger charge is -2.32. The predicted octanol–water partition coefficient (Wildman–Crippen LogP) is 2.33. The van der Waals surface area contributed by atoms with Crippen LogP contribution < -0.4 is 10.6 Å². The van der Waals surface area contributed by atoms with Crippen molar-refractivity contribution >= 4 is 17.6 Å². The largest absolute Gasteiger partial charge is 0.373 e. The Kier molecular flexibility index (Phi) is 7.13. The van der Waals surface area contributed by atoms with Gasteiger partial charge in [-0.2, -0.15) is 0 Å². The number of carbonyl (C=O) groups is 3. The van der Waals surface area contributed by atoms with Gasteiger partial charge in [0.15, 0.2) is 5.78 Å². The maximum absolute atomic E-state index is 12.9. The fraction of sp³-hybridized carbons (Fsp3) is 0.571. The second-order valence-corrected chi connectivity index (χ2v) is 8.29. The number of ketones is 1. The molecule has 27 heavy (non-hydrogen) atoms. The molecule has 3 unspecified atom stereocenters. The lowest BCUT2D eigenvalue weighted by atomic mass is 9.86. The molecule has 1 aromatic rings. The van der Waals surface area contributed by atoms with Crippen LogP contribution in [-0.2, 0) is 14.3 Å². The van der Waals surface area contributed by atoms with Gasteiger partial charge in [-0.25, -0.2) is 0 Å². The van der Waals surface area contributed by atoms with E-state index >= 15 is 0 Å². The Labute approximate surface area is 161 Å². The summed E-state index contributed by atoms with van der Waals surface area (Å²) in [5.41, 5.74) is 0.327. The van der Waals surface area contributed by atoms with Gasteiger partial charge >= 0.3 is 0 Å². The van der Waals surface area contributed by atoms with Crippen LogP contribution >= 0.6 is 0 Å². The van der Waals surface area contributed by atoms with E-state index in [-0.39, 0.29) is 35.5 Å². The van der Waals surface area contributed by atoms with E-state index in [4.69, 9.17) is 4.74 Å².